The maximum Gasteiger partial charge on any atom is 0.338 e. The molecule has 0 fully saturated rings. The molecule has 2 amide bonds. The Morgan fingerprint density at radius 1 is 1.23 bits per heavy atom. The van der Waals surface area contributed by atoms with E-state index in [4.69, 9.17) is 10.5 Å². The van der Waals surface area contributed by atoms with Gasteiger partial charge in [0.15, 0.2) is 0 Å². The highest BCUT2D eigenvalue weighted by molar-refractivity contribution is 5.84. The Kier molecular flexibility index (Phi) is 5.61. The lowest BCUT2D eigenvalue weighted by atomic mass is 10.0. The largest absolute Gasteiger partial charge is 0.494 e. The number of urea groups is 1. The van der Waals surface area contributed by atoms with E-state index < -0.39 is 6.03 Å². The molecule has 0 unspecified atom stereocenters. The van der Waals surface area contributed by atoms with Crippen LogP contribution in [0.2, 0.25) is 0 Å². The first-order valence-electron chi connectivity index (χ1n) is 7.51. The molecule has 5 heteroatoms. The van der Waals surface area contributed by atoms with Crippen LogP contribution in [-0.4, -0.2) is 29.5 Å². The summed E-state index contributed by atoms with van der Waals surface area (Å²) in [6.07, 6.45) is 2.71. The third-order valence-electron chi connectivity index (χ3n) is 3.51. The Hall–Kier alpha value is -2.27. The van der Waals surface area contributed by atoms with E-state index in [0.29, 0.717) is 11.5 Å². The molecule has 0 saturated heterocycles. The highest BCUT2D eigenvalue weighted by atomic mass is 16.5. The van der Waals surface area contributed by atoms with Crippen LogP contribution in [-0.2, 0) is 6.42 Å². The maximum atomic E-state index is 10.8. The number of primary amides is 1. The van der Waals surface area contributed by atoms with Gasteiger partial charge in [-0.15, -0.1) is 0 Å². The molecule has 118 valence electrons. The summed E-state index contributed by atoms with van der Waals surface area (Å²) in [7, 11) is 0. The van der Waals surface area contributed by atoms with Crippen molar-refractivity contribution < 1.29 is 14.7 Å². The van der Waals surface area contributed by atoms with Gasteiger partial charge in [0.1, 0.15) is 5.75 Å². The van der Waals surface area contributed by atoms with E-state index in [9.17, 15) is 10.0 Å². The van der Waals surface area contributed by atoms with E-state index in [2.05, 4.69) is 6.92 Å². The quantitative estimate of drug-likeness (QED) is 0.468. The molecule has 3 N–H and O–H groups in total. The Labute approximate surface area is 130 Å². The van der Waals surface area contributed by atoms with Gasteiger partial charge < -0.3 is 10.5 Å². The number of hydroxylamine groups is 2. The second kappa shape index (κ2) is 7.66. The van der Waals surface area contributed by atoms with E-state index in [1.54, 1.807) is 0 Å². The number of amides is 2. The van der Waals surface area contributed by atoms with E-state index in [0.717, 1.165) is 41.5 Å². The van der Waals surface area contributed by atoms with Crippen molar-refractivity contribution in [2.75, 3.05) is 13.2 Å². The fourth-order valence-corrected chi connectivity index (χ4v) is 2.20. The first-order valence-corrected chi connectivity index (χ1v) is 7.51. The lowest BCUT2D eigenvalue weighted by Crippen LogP contribution is -2.34. The number of fused-ring (bicyclic) bond motifs is 1. The smallest absolute Gasteiger partial charge is 0.338 e. The molecular formula is C17H22N2O3. The minimum Gasteiger partial charge on any atom is -0.494 e. The summed E-state index contributed by atoms with van der Waals surface area (Å²) in [5, 5.41) is 12.0. The van der Waals surface area contributed by atoms with Crippen LogP contribution in [0.5, 0.6) is 5.75 Å². The third kappa shape index (κ3) is 4.36. The van der Waals surface area contributed by atoms with Crippen LogP contribution in [0.4, 0.5) is 4.79 Å². The molecule has 0 aliphatic heterocycles. The number of carbonyl (C=O) groups is 1. The van der Waals surface area contributed by atoms with Crippen molar-refractivity contribution in [3.8, 4) is 5.75 Å². The lowest BCUT2D eigenvalue weighted by Gasteiger charge is -2.12. The molecule has 0 aromatic heterocycles. The SMILES string of the molecule is CCCCOc1ccc2cc(CCN(O)C(N)=O)ccc2c1. The van der Waals surface area contributed by atoms with Crippen LogP contribution in [0, 0.1) is 0 Å². The number of rotatable bonds is 7. The third-order valence-corrected chi connectivity index (χ3v) is 3.51. The Balaban J connectivity index is 2.04. The normalized spacial score (nSPS) is 10.6. The average Bonchev–Trinajstić information content (AvgIpc) is 2.52. The van der Waals surface area contributed by atoms with Crippen LogP contribution >= 0.6 is 0 Å². The number of benzene rings is 2. The molecule has 22 heavy (non-hydrogen) atoms. The zero-order valence-corrected chi connectivity index (χ0v) is 12.8. The standard InChI is InChI=1S/C17H22N2O3/c1-2-3-10-22-16-7-6-14-11-13(4-5-15(14)12-16)8-9-19(21)17(18)20/h4-7,11-12,21H,2-3,8-10H2,1H3,(H2,18,20). The summed E-state index contributed by atoms with van der Waals surface area (Å²) in [4.78, 5) is 10.8. The first-order chi connectivity index (χ1) is 10.6. The van der Waals surface area contributed by atoms with Crippen LogP contribution < -0.4 is 10.5 Å². The number of ether oxygens (including phenoxy) is 1. The molecule has 0 saturated carbocycles. The summed E-state index contributed by atoms with van der Waals surface area (Å²) in [6, 6.07) is 11.2. The number of nitrogens with two attached hydrogens (primary N) is 1. The number of carbonyl (C=O) groups excluding carboxylic acids is 1. The van der Waals surface area contributed by atoms with Gasteiger partial charge in [0.2, 0.25) is 0 Å². The molecule has 2 aromatic rings. The van der Waals surface area contributed by atoms with Gasteiger partial charge in [-0.1, -0.05) is 37.6 Å². The minimum absolute atomic E-state index is 0.180. The van der Waals surface area contributed by atoms with Crippen LogP contribution in [0.1, 0.15) is 25.3 Å². The van der Waals surface area contributed by atoms with Crippen molar-refractivity contribution >= 4 is 16.8 Å². The topological polar surface area (TPSA) is 75.8 Å². The summed E-state index contributed by atoms with van der Waals surface area (Å²) in [6.45, 7) is 3.05. The summed E-state index contributed by atoms with van der Waals surface area (Å²) >= 11 is 0. The average molecular weight is 302 g/mol. The Morgan fingerprint density at radius 2 is 1.95 bits per heavy atom. The van der Waals surface area contributed by atoms with E-state index in [-0.39, 0.29) is 6.54 Å². The number of hydrogen-bond acceptors (Lipinski definition) is 3. The predicted octanol–water partition coefficient (Wildman–Crippen LogP) is 3.33. The summed E-state index contributed by atoms with van der Waals surface area (Å²) in [5.74, 6) is 0.879. The predicted molar refractivity (Wildman–Crippen MR) is 86.1 cm³/mol. The molecule has 0 spiro atoms. The van der Waals surface area contributed by atoms with Crippen molar-refractivity contribution in [1.82, 2.24) is 5.06 Å². The Morgan fingerprint density at radius 3 is 2.68 bits per heavy atom. The number of hydrogen-bond donors (Lipinski definition) is 2. The minimum atomic E-state index is -0.838. The van der Waals surface area contributed by atoms with E-state index in [1.807, 2.05) is 36.4 Å². The van der Waals surface area contributed by atoms with Crippen molar-refractivity contribution in [2.45, 2.75) is 26.2 Å². The van der Waals surface area contributed by atoms with Crippen LogP contribution in [0.25, 0.3) is 10.8 Å². The number of unbranched alkanes of at least 4 members (excludes halogenated alkanes) is 1. The summed E-state index contributed by atoms with van der Waals surface area (Å²) < 4.78 is 5.70. The Bertz CT molecular complexity index is 643. The zero-order valence-electron chi connectivity index (χ0n) is 12.8. The monoisotopic (exact) mass is 302 g/mol. The van der Waals surface area contributed by atoms with Crippen molar-refractivity contribution in [1.29, 1.82) is 0 Å². The molecule has 2 aromatic carbocycles. The van der Waals surface area contributed by atoms with Gasteiger partial charge in [0.25, 0.3) is 0 Å². The van der Waals surface area contributed by atoms with Crippen molar-refractivity contribution in [3.63, 3.8) is 0 Å². The van der Waals surface area contributed by atoms with E-state index in [1.165, 1.54) is 0 Å². The van der Waals surface area contributed by atoms with Gasteiger partial charge in [0.05, 0.1) is 13.2 Å². The maximum absolute atomic E-state index is 10.8. The van der Waals surface area contributed by atoms with Crippen molar-refractivity contribution in [3.05, 3.63) is 42.0 Å². The molecule has 2 rings (SSSR count). The molecule has 0 heterocycles. The lowest BCUT2D eigenvalue weighted by molar-refractivity contribution is -0.0382. The second-order valence-electron chi connectivity index (χ2n) is 5.26. The van der Waals surface area contributed by atoms with Crippen LogP contribution in [0.15, 0.2) is 36.4 Å². The van der Waals surface area contributed by atoms with Gasteiger partial charge in [-0.2, -0.15) is 0 Å². The fourth-order valence-electron chi connectivity index (χ4n) is 2.20. The van der Waals surface area contributed by atoms with Crippen molar-refractivity contribution in [2.24, 2.45) is 5.73 Å². The molecule has 0 atom stereocenters. The molecule has 0 bridgehead atoms. The number of nitrogens with zero attached hydrogens (tertiary/aromatic N) is 1. The molecule has 5 nitrogen and oxygen atoms in total. The summed E-state index contributed by atoms with van der Waals surface area (Å²) in [5.41, 5.74) is 6.02. The molecule has 0 radical (unpaired) electrons. The highest BCUT2D eigenvalue weighted by Crippen LogP contribution is 2.22. The van der Waals surface area contributed by atoms with Gasteiger partial charge >= 0.3 is 6.03 Å². The molecule has 0 aliphatic rings. The molecule has 0 aliphatic carbocycles. The van der Waals surface area contributed by atoms with Gasteiger partial charge in [-0.25, -0.2) is 9.86 Å². The first kappa shape index (κ1) is 16.1. The van der Waals surface area contributed by atoms with E-state index >= 15 is 0 Å². The zero-order chi connectivity index (χ0) is 15.9. The van der Waals surface area contributed by atoms with Gasteiger partial charge in [0, 0.05) is 0 Å². The van der Waals surface area contributed by atoms with Crippen LogP contribution in [0.3, 0.4) is 0 Å². The van der Waals surface area contributed by atoms with Gasteiger partial charge in [-0.3, -0.25) is 5.21 Å². The fraction of sp³-hybridized carbons (Fsp3) is 0.353. The molecular weight excluding hydrogens is 280 g/mol. The van der Waals surface area contributed by atoms with Gasteiger partial charge in [-0.05, 0) is 41.3 Å². The highest BCUT2D eigenvalue weighted by Gasteiger charge is 2.06. The second-order valence-corrected chi connectivity index (χ2v) is 5.26.